The molecule has 0 spiro atoms. The van der Waals surface area contributed by atoms with Crippen molar-refractivity contribution in [2.45, 2.75) is 6.61 Å². The molecule has 25 heavy (non-hydrogen) atoms. The van der Waals surface area contributed by atoms with E-state index in [-0.39, 0.29) is 30.2 Å². The van der Waals surface area contributed by atoms with Crippen LogP contribution in [0.15, 0.2) is 42.5 Å². The molecule has 0 bridgehead atoms. The first-order valence-corrected chi connectivity index (χ1v) is 7.43. The van der Waals surface area contributed by atoms with Crippen LogP contribution < -0.4 is 10.1 Å². The normalized spacial score (nSPS) is 9.48. The number of methoxy groups -OCH3 is 1. The third-order valence-electron chi connectivity index (χ3n) is 3.23. The van der Waals surface area contributed by atoms with Gasteiger partial charge in [0.15, 0.2) is 17.8 Å². The minimum atomic E-state index is -0.586. The summed E-state index contributed by atoms with van der Waals surface area (Å²) in [7, 11) is 1.40. The van der Waals surface area contributed by atoms with Gasteiger partial charge in [0.05, 0.1) is 13.7 Å². The van der Waals surface area contributed by atoms with E-state index < -0.39 is 6.09 Å². The van der Waals surface area contributed by atoms with Crippen molar-refractivity contribution in [3.8, 4) is 23.3 Å². The number of benzene rings is 2. The van der Waals surface area contributed by atoms with Gasteiger partial charge in [0.25, 0.3) is 0 Å². The number of nitrogens with one attached hydrogen (secondary N) is 1. The lowest BCUT2D eigenvalue weighted by atomic mass is 10.1. The largest absolute Gasteiger partial charge is 0.504 e. The molecule has 2 aromatic carbocycles. The molecule has 0 fully saturated rings. The van der Waals surface area contributed by atoms with Crippen molar-refractivity contribution in [1.82, 2.24) is 5.32 Å². The molecule has 0 heterocycles. The molecule has 0 aromatic heterocycles. The van der Waals surface area contributed by atoms with Crippen LogP contribution in [0.25, 0.3) is 0 Å². The fourth-order valence-corrected chi connectivity index (χ4v) is 1.98. The standard InChI is InChI=1S/C19H17NO5/c1-24-18-11-15(16(12-21)10-17(18)22)8-5-9-20-19(23)25-13-14-6-3-2-4-7-14/h2-4,6-7,10-12,22H,9,13H2,1H3,(H,20,23). The number of carbonyl (C=O) groups is 2. The Balaban J connectivity index is 1.90. The third kappa shape index (κ3) is 5.29. The van der Waals surface area contributed by atoms with E-state index in [0.29, 0.717) is 11.8 Å². The molecule has 0 unspecified atom stereocenters. The van der Waals surface area contributed by atoms with Gasteiger partial charge in [-0.1, -0.05) is 42.2 Å². The minimum Gasteiger partial charge on any atom is -0.504 e. The number of ether oxygens (including phenoxy) is 2. The van der Waals surface area contributed by atoms with Gasteiger partial charge >= 0.3 is 6.09 Å². The molecule has 6 nitrogen and oxygen atoms in total. The van der Waals surface area contributed by atoms with Crippen LogP contribution in [0.1, 0.15) is 21.5 Å². The maximum Gasteiger partial charge on any atom is 0.408 e. The van der Waals surface area contributed by atoms with E-state index in [1.807, 2.05) is 30.3 Å². The number of carbonyl (C=O) groups excluding carboxylic acids is 2. The molecule has 0 saturated heterocycles. The number of amides is 1. The van der Waals surface area contributed by atoms with Crippen LogP contribution in [-0.4, -0.2) is 31.1 Å². The van der Waals surface area contributed by atoms with E-state index in [0.717, 1.165) is 5.56 Å². The summed E-state index contributed by atoms with van der Waals surface area (Å²) < 4.78 is 10.0. The molecule has 0 atom stereocenters. The van der Waals surface area contributed by atoms with Crippen molar-refractivity contribution < 1.29 is 24.2 Å². The average Bonchev–Trinajstić information content (AvgIpc) is 2.65. The highest BCUT2D eigenvalue weighted by molar-refractivity contribution is 5.81. The second-order valence-corrected chi connectivity index (χ2v) is 4.95. The fraction of sp³-hybridized carbons (Fsp3) is 0.158. The fourth-order valence-electron chi connectivity index (χ4n) is 1.98. The number of aldehydes is 1. The summed E-state index contributed by atoms with van der Waals surface area (Å²) in [6, 6.07) is 12.0. The molecule has 0 aliphatic heterocycles. The highest BCUT2D eigenvalue weighted by Crippen LogP contribution is 2.28. The van der Waals surface area contributed by atoms with Gasteiger partial charge in [0.2, 0.25) is 0 Å². The summed E-state index contributed by atoms with van der Waals surface area (Å²) in [5.74, 6) is 5.54. The highest BCUT2D eigenvalue weighted by atomic mass is 16.5. The molecule has 0 aliphatic rings. The number of aromatic hydroxyl groups is 1. The smallest absolute Gasteiger partial charge is 0.408 e. The Labute approximate surface area is 145 Å². The van der Waals surface area contributed by atoms with Crippen molar-refractivity contribution in [2.24, 2.45) is 0 Å². The molecule has 1 amide bonds. The second-order valence-electron chi connectivity index (χ2n) is 4.95. The Morgan fingerprint density at radius 2 is 2.04 bits per heavy atom. The van der Waals surface area contributed by atoms with Crippen molar-refractivity contribution >= 4 is 12.4 Å². The summed E-state index contributed by atoms with van der Waals surface area (Å²) in [6.45, 7) is 0.222. The molecular formula is C19H17NO5. The monoisotopic (exact) mass is 339 g/mol. The Morgan fingerprint density at radius 3 is 2.72 bits per heavy atom. The minimum absolute atomic E-state index is 0.0507. The number of phenolic OH excluding ortho intramolecular Hbond substituents is 1. The number of hydrogen-bond acceptors (Lipinski definition) is 5. The van der Waals surface area contributed by atoms with Gasteiger partial charge < -0.3 is 19.9 Å². The predicted octanol–water partition coefficient (Wildman–Crippen LogP) is 2.49. The summed E-state index contributed by atoms with van der Waals surface area (Å²) in [5.41, 5.74) is 1.51. The average molecular weight is 339 g/mol. The number of alkyl carbamates (subject to hydrolysis) is 1. The number of rotatable bonds is 5. The molecular weight excluding hydrogens is 322 g/mol. The van der Waals surface area contributed by atoms with Crippen molar-refractivity contribution in [3.63, 3.8) is 0 Å². The topological polar surface area (TPSA) is 84.9 Å². The molecule has 2 N–H and O–H groups in total. The van der Waals surface area contributed by atoms with Crippen molar-refractivity contribution in [2.75, 3.05) is 13.7 Å². The van der Waals surface area contributed by atoms with Crippen LogP contribution in [0.4, 0.5) is 4.79 Å². The van der Waals surface area contributed by atoms with Gasteiger partial charge in [-0.15, -0.1) is 0 Å². The van der Waals surface area contributed by atoms with E-state index in [1.165, 1.54) is 19.2 Å². The van der Waals surface area contributed by atoms with Gasteiger partial charge in [-0.25, -0.2) is 4.79 Å². The number of phenols is 1. The van der Waals surface area contributed by atoms with Crippen LogP contribution >= 0.6 is 0 Å². The quantitative estimate of drug-likeness (QED) is 0.646. The third-order valence-corrected chi connectivity index (χ3v) is 3.23. The summed E-state index contributed by atoms with van der Waals surface area (Å²) in [6.07, 6.45) is 0.00196. The maximum atomic E-state index is 11.6. The molecule has 128 valence electrons. The van der Waals surface area contributed by atoms with E-state index in [4.69, 9.17) is 9.47 Å². The maximum absolute atomic E-state index is 11.6. The molecule has 0 saturated carbocycles. The summed E-state index contributed by atoms with van der Waals surface area (Å²) in [5, 5.41) is 12.1. The second kappa shape index (κ2) is 8.99. The van der Waals surface area contributed by atoms with E-state index in [9.17, 15) is 14.7 Å². The molecule has 0 radical (unpaired) electrons. The lowest BCUT2D eigenvalue weighted by Gasteiger charge is -2.06. The van der Waals surface area contributed by atoms with Crippen LogP contribution in [0.3, 0.4) is 0 Å². The zero-order valence-electron chi connectivity index (χ0n) is 13.6. The van der Waals surface area contributed by atoms with Crippen LogP contribution in [0.2, 0.25) is 0 Å². The van der Waals surface area contributed by atoms with Crippen molar-refractivity contribution in [1.29, 1.82) is 0 Å². The van der Waals surface area contributed by atoms with Gasteiger partial charge in [0.1, 0.15) is 6.61 Å². The lowest BCUT2D eigenvalue weighted by Crippen LogP contribution is -2.24. The van der Waals surface area contributed by atoms with E-state index >= 15 is 0 Å². The summed E-state index contributed by atoms with van der Waals surface area (Å²) >= 11 is 0. The molecule has 2 rings (SSSR count). The lowest BCUT2D eigenvalue weighted by molar-refractivity contribution is 0.112. The Bertz CT molecular complexity index is 806. The van der Waals surface area contributed by atoms with Gasteiger partial charge in [-0.3, -0.25) is 4.79 Å². The van der Waals surface area contributed by atoms with Crippen molar-refractivity contribution in [3.05, 3.63) is 59.2 Å². The summed E-state index contributed by atoms with van der Waals surface area (Å²) in [4.78, 5) is 22.6. The first kappa shape index (κ1) is 17.9. The zero-order chi connectivity index (χ0) is 18.1. The van der Waals surface area contributed by atoms with Crippen LogP contribution in [0.5, 0.6) is 11.5 Å². The Morgan fingerprint density at radius 1 is 1.28 bits per heavy atom. The number of hydrogen-bond donors (Lipinski definition) is 2. The van der Waals surface area contributed by atoms with E-state index in [1.54, 1.807) is 0 Å². The van der Waals surface area contributed by atoms with Gasteiger partial charge in [-0.05, 0) is 11.6 Å². The molecule has 0 aliphatic carbocycles. The van der Waals surface area contributed by atoms with Gasteiger partial charge in [-0.2, -0.15) is 0 Å². The Hall–Kier alpha value is -3.46. The predicted molar refractivity (Wildman–Crippen MR) is 91.6 cm³/mol. The van der Waals surface area contributed by atoms with Crippen LogP contribution in [0, 0.1) is 11.8 Å². The van der Waals surface area contributed by atoms with E-state index in [2.05, 4.69) is 17.2 Å². The molecule has 6 heteroatoms. The first-order valence-electron chi connectivity index (χ1n) is 7.43. The van der Waals surface area contributed by atoms with Gasteiger partial charge in [0, 0.05) is 17.2 Å². The zero-order valence-corrected chi connectivity index (χ0v) is 13.6. The molecule has 2 aromatic rings. The SMILES string of the molecule is COc1cc(C#CCNC(=O)OCc2ccccc2)c(C=O)cc1O. The van der Waals surface area contributed by atoms with Crippen LogP contribution in [-0.2, 0) is 11.3 Å². The Kier molecular flexibility index (Phi) is 6.43. The first-order chi connectivity index (χ1) is 12.1. The highest BCUT2D eigenvalue weighted by Gasteiger charge is 2.07.